The van der Waals surface area contributed by atoms with E-state index in [1.807, 2.05) is 65.0 Å². The van der Waals surface area contributed by atoms with Gasteiger partial charge in [-0.25, -0.2) is 12.8 Å². The molecule has 3 aromatic rings. The number of halogens is 1. The van der Waals surface area contributed by atoms with Gasteiger partial charge in [0, 0.05) is 26.1 Å². The Balaban J connectivity index is 1.52. The highest BCUT2D eigenvalue weighted by atomic mass is 32.2. The highest BCUT2D eigenvalue weighted by Gasteiger charge is 2.37. The summed E-state index contributed by atoms with van der Waals surface area (Å²) in [4.78, 5) is 27.0. The molecule has 12 heteroatoms. The van der Waals surface area contributed by atoms with E-state index >= 15 is 0 Å². The Bertz CT molecular complexity index is 1680. The quantitative estimate of drug-likeness (QED) is 0.179. The molecule has 2 unspecified atom stereocenters. The topological polar surface area (TPSA) is 137 Å². The van der Waals surface area contributed by atoms with Crippen LogP contribution in [0.25, 0.3) is 0 Å². The zero-order valence-electron chi connectivity index (χ0n) is 28.9. The number of ether oxygens (including phenoxy) is 1. The van der Waals surface area contributed by atoms with Crippen LogP contribution in [0.15, 0.2) is 77.7 Å². The lowest BCUT2D eigenvalue weighted by molar-refractivity contribution is -0.132. The van der Waals surface area contributed by atoms with Crippen LogP contribution in [0.1, 0.15) is 51.3 Å². The summed E-state index contributed by atoms with van der Waals surface area (Å²) in [7, 11) is -4.01. The molecule has 1 heterocycles. The summed E-state index contributed by atoms with van der Waals surface area (Å²) < 4.78 is 48.3. The molecule has 10 nitrogen and oxygen atoms in total. The van der Waals surface area contributed by atoms with Crippen LogP contribution in [0.2, 0.25) is 0 Å². The standard InChI is InChI=1S/C37H49FN4O6S/c1-25(2)23-42(49(46,47)30-14-15-33-28(20-30)16-17-48-33)24-32(43)31(19-26-10-7-6-8-11-26)40-36(45)35(37(3,4)5)41-34(44)22-39-21-27-12-9-13-29(38)18-27/h6-15,18,20,25,31-32,35,39,43H,16-17,19,21-24H2,1-5H3,(H,40,45)(H,41,44)/t31?,32?,35-/m1/s1. The number of carbonyl (C=O) groups is 2. The molecular weight excluding hydrogens is 647 g/mol. The number of nitrogens with zero attached hydrogens (tertiary/aromatic N) is 1. The fourth-order valence-electron chi connectivity index (χ4n) is 5.76. The van der Waals surface area contributed by atoms with E-state index in [-0.39, 0.29) is 49.2 Å². The fraction of sp³-hybridized carbons (Fsp3) is 0.459. The predicted molar refractivity (Wildman–Crippen MR) is 187 cm³/mol. The van der Waals surface area contributed by atoms with Crippen LogP contribution in [0, 0.1) is 17.2 Å². The minimum Gasteiger partial charge on any atom is -0.493 e. The molecule has 0 spiro atoms. The van der Waals surface area contributed by atoms with Crippen LogP contribution in [0.5, 0.6) is 5.75 Å². The maximum absolute atomic E-state index is 14.0. The zero-order chi connectivity index (χ0) is 35.8. The smallest absolute Gasteiger partial charge is 0.243 e. The Hall–Kier alpha value is -3.84. The molecule has 266 valence electrons. The van der Waals surface area contributed by atoms with E-state index in [2.05, 4.69) is 16.0 Å². The Morgan fingerprint density at radius 3 is 2.35 bits per heavy atom. The average Bonchev–Trinajstić information content (AvgIpc) is 3.51. The van der Waals surface area contributed by atoms with Crippen molar-refractivity contribution < 1.29 is 32.2 Å². The third kappa shape index (κ3) is 10.8. The highest BCUT2D eigenvalue weighted by molar-refractivity contribution is 7.89. The van der Waals surface area contributed by atoms with Gasteiger partial charge in [-0.3, -0.25) is 9.59 Å². The lowest BCUT2D eigenvalue weighted by Gasteiger charge is -2.34. The lowest BCUT2D eigenvalue weighted by Crippen LogP contribution is -2.59. The summed E-state index contributed by atoms with van der Waals surface area (Å²) >= 11 is 0. The first-order chi connectivity index (χ1) is 23.1. The number of benzene rings is 3. The molecule has 3 atom stereocenters. The predicted octanol–water partition coefficient (Wildman–Crippen LogP) is 3.82. The van der Waals surface area contributed by atoms with Gasteiger partial charge in [-0.15, -0.1) is 0 Å². The largest absolute Gasteiger partial charge is 0.493 e. The van der Waals surface area contributed by atoms with Crippen molar-refractivity contribution in [2.24, 2.45) is 11.3 Å². The van der Waals surface area contributed by atoms with E-state index in [1.165, 1.54) is 22.5 Å². The number of aliphatic hydroxyl groups is 1. The van der Waals surface area contributed by atoms with E-state index in [0.29, 0.717) is 24.3 Å². The van der Waals surface area contributed by atoms with Gasteiger partial charge in [0.05, 0.1) is 30.2 Å². The Labute approximate surface area is 289 Å². The molecule has 1 aliphatic heterocycles. The molecule has 4 N–H and O–H groups in total. The monoisotopic (exact) mass is 696 g/mol. The SMILES string of the molecule is CC(C)CN(CC(O)C(Cc1ccccc1)NC(=O)[C@@H](NC(=O)CNCc1cccc(F)c1)C(C)(C)C)S(=O)(=O)c1ccc2c(c1)CCO2. The van der Waals surface area contributed by atoms with Crippen LogP contribution in [0.3, 0.4) is 0 Å². The van der Waals surface area contributed by atoms with Crippen LogP contribution >= 0.6 is 0 Å². The van der Waals surface area contributed by atoms with E-state index in [1.54, 1.807) is 24.3 Å². The van der Waals surface area contributed by atoms with Gasteiger partial charge in [-0.05, 0) is 64.8 Å². The van der Waals surface area contributed by atoms with Gasteiger partial charge in [0.25, 0.3) is 0 Å². The molecule has 0 aromatic heterocycles. The van der Waals surface area contributed by atoms with Crippen molar-refractivity contribution in [3.63, 3.8) is 0 Å². The van der Waals surface area contributed by atoms with Crippen molar-refractivity contribution in [2.75, 3.05) is 26.2 Å². The van der Waals surface area contributed by atoms with E-state index in [9.17, 15) is 27.5 Å². The molecule has 1 aliphatic rings. The summed E-state index contributed by atoms with van der Waals surface area (Å²) in [6.07, 6.45) is -0.454. The van der Waals surface area contributed by atoms with Crippen molar-refractivity contribution in [1.82, 2.24) is 20.3 Å². The fourth-order valence-corrected chi connectivity index (χ4v) is 7.43. The number of hydrogen-bond acceptors (Lipinski definition) is 7. The van der Waals surface area contributed by atoms with Gasteiger partial charge < -0.3 is 25.8 Å². The van der Waals surface area contributed by atoms with Crippen LogP contribution in [-0.4, -0.2) is 74.1 Å². The van der Waals surface area contributed by atoms with Gasteiger partial charge >= 0.3 is 0 Å². The number of sulfonamides is 1. The van der Waals surface area contributed by atoms with Crippen LogP contribution in [0.4, 0.5) is 4.39 Å². The molecular formula is C37H49FN4O6S. The molecule has 0 radical (unpaired) electrons. The van der Waals surface area contributed by atoms with Gasteiger partial charge in [0.1, 0.15) is 17.6 Å². The molecule has 0 bridgehead atoms. The summed E-state index contributed by atoms with van der Waals surface area (Å²) in [5.74, 6) is -0.688. The van der Waals surface area contributed by atoms with Crippen molar-refractivity contribution in [3.8, 4) is 5.75 Å². The lowest BCUT2D eigenvalue weighted by atomic mass is 9.85. The van der Waals surface area contributed by atoms with Gasteiger partial charge in [0.2, 0.25) is 21.8 Å². The number of rotatable bonds is 16. The molecule has 49 heavy (non-hydrogen) atoms. The first-order valence-electron chi connectivity index (χ1n) is 16.7. The summed E-state index contributed by atoms with van der Waals surface area (Å²) in [5, 5.41) is 20.4. The van der Waals surface area contributed by atoms with Gasteiger partial charge in [-0.1, -0.05) is 77.1 Å². The van der Waals surface area contributed by atoms with E-state index < -0.39 is 45.4 Å². The number of nitrogens with one attached hydrogen (secondary N) is 3. The Kier molecular flexibility index (Phi) is 12.9. The number of carbonyl (C=O) groups excluding carboxylic acids is 2. The van der Waals surface area contributed by atoms with Crippen molar-refractivity contribution >= 4 is 21.8 Å². The van der Waals surface area contributed by atoms with E-state index in [4.69, 9.17) is 4.74 Å². The van der Waals surface area contributed by atoms with Crippen molar-refractivity contribution in [1.29, 1.82) is 0 Å². The number of aliphatic hydroxyl groups excluding tert-OH is 1. The number of amides is 2. The summed E-state index contributed by atoms with van der Waals surface area (Å²) in [5.41, 5.74) is 1.62. The van der Waals surface area contributed by atoms with Crippen LogP contribution in [-0.2, 0) is 39.0 Å². The first-order valence-corrected chi connectivity index (χ1v) is 18.1. The maximum Gasteiger partial charge on any atom is 0.243 e. The molecule has 4 rings (SSSR count). The highest BCUT2D eigenvalue weighted by Crippen LogP contribution is 2.29. The second-order valence-corrected chi connectivity index (χ2v) is 16.0. The second-order valence-electron chi connectivity index (χ2n) is 14.1. The third-order valence-electron chi connectivity index (χ3n) is 8.29. The molecule has 0 saturated heterocycles. The van der Waals surface area contributed by atoms with Gasteiger partial charge in [0.15, 0.2) is 0 Å². The molecule has 0 aliphatic carbocycles. The Morgan fingerprint density at radius 1 is 0.959 bits per heavy atom. The number of hydrogen-bond donors (Lipinski definition) is 4. The Morgan fingerprint density at radius 2 is 1.67 bits per heavy atom. The third-order valence-corrected chi connectivity index (χ3v) is 10.1. The number of fused-ring (bicyclic) bond motifs is 1. The average molecular weight is 697 g/mol. The van der Waals surface area contributed by atoms with Crippen LogP contribution < -0.4 is 20.7 Å². The molecule has 3 aromatic carbocycles. The van der Waals surface area contributed by atoms with Gasteiger partial charge in [-0.2, -0.15) is 4.31 Å². The normalized spacial score (nSPS) is 15.0. The molecule has 0 fully saturated rings. The molecule has 0 saturated carbocycles. The summed E-state index contributed by atoms with van der Waals surface area (Å²) in [6, 6.07) is 18.3. The van der Waals surface area contributed by atoms with Crippen molar-refractivity contribution in [2.45, 2.75) is 77.1 Å². The van der Waals surface area contributed by atoms with Crippen molar-refractivity contribution in [3.05, 3.63) is 95.3 Å². The maximum atomic E-state index is 14.0. The zero-order valence-corrected chi connectivity index (χ0v) is 29.7. The summed E-state index contributed by atoms with van der Waals surface area (Å²) in [6.45, 7) is 9.80. The molecule has 2 amide bonds. The first kappa shape index (κ1) is 38.0. The second kappa shape index (κ2) is 16.7. The minimum absolute atomic E-state index is 0.0445. The minimum atomic E-state index is -4.01. The van der Waals surface area contributed by atoms with E-state index in [0.717, 1.165) is 11.1 Å².